The zero-order valence-electron chi connectivity index (χ0n) is 14.5. The van der Waals surface area contributed by atoms with E-state index in [4.69, 9.17) is 14.0 Å². The van der Waals surface area contributed by atoms with Crippen LogP contribution in [0.4, 0.5) is 0 Å². The Kier molecular flexibility index (Phi) is 4.43. The van der Waals surface area contributed by atoms with Crippen LogP contribution in [0.5, 0.6) is 0 Å². The third kappa shape index (κ3) is 3.02. The maximum atomic E-state index is 12.4. The monoisotopic (exact) mass is 345 g/mol. The quantitative estimate of drug-likeness (QED) is 0.894. The number of hydrogen-bond acceptors (Lipinski definition) is 6. The fraction of sp³-hybridized carbons (Fsp3) is 0.611. The van der Waals surface area contributed by atoms with Gasteiger partial charge in [0.15, 0.2) is 0 Å². The molecule has 0 saturated heterocycles. The minimum atomic E-state index is -0.176. The highest BCUT2D eigenvalue weighted by atomic mass is 16.5. The molecule has 0 unspecified atom stereocenters. The number of aromatic amines is 1. The average molecular weight is 345 g/mol. The van der Waals surface area contributed by atoms with Gasteiger partial charge in [-0.3, -0.25) is 4.79 Å². The van der Waals surface area contributed by atoms with E-state index in [0.29, 0.717) is 37.1 Å². The molecule has 2 aromatic rings. The van der Waals surface area contributed by atoms with Crippen molar-refractivity contribution in [3.63, 3.8) is 0 Å². The van der Waals surface area contributed by atoms with E-state index in [2.05, 4.69) is 15.1 Å². The molecule has 1 N–H and O–H groups in total. The number of pyridine rings is 1. The standard InChI is InChI=1S/C18H23N3O4/c1-23-9-7-18(5-2-3-6-18)17-20-15(21-25-17)13-10-12-11-24-8-4-14(12)19-16(13)22/h10H,2-9,11H2,1H3,(H,19,22). The Labute approximate surface area is 145 Å². The molecule has 1 aliphatic carbocycles. The summed E-state index contributed by atoms with van der Waals surface area (Å²) in [4.78, 5) is 20.0. The smallest absolute Gasteiger partial charge is 0.259 e. The lowest BCUT2D eigenvalue weighted by molar-refractivity contribution is 0.109. The Bertz CT molecular complexity index is 805. The number of nitrogens with one attached hydrogen (secondary N) is 1. The first kappa shape index (κ1) is 16.5. The largest absolute Gasteiger partial charge is 0.385 e. The molecule has 1 fully saturated rings. The molecular formula is C18H23N3O4. The minimum absolute atomic E-state index is 0.120. The Balaban J connectivity index is 1.68. The molecule has 4 rings (SSSR count). The normalized spacial score (nSPS) is 19.1. The number of nitrogens with zero attached hydrogens (tertiary/aromatic N) is 2. The molecule has 1 saturated carbocycles. The Morgan fingerprint density at radius 1 is 1.36 bits per heavy atom. The van der Waals surface area contributed by atoms with E-state index in [0.717, 1.165) is 49.8 Å². The zero-order valence-corrected chi connectivity index (χ0v) is 14.5. The predicted octanol–water partition coefficient (Wildman–Crippen LogP) is 2.35. The Morgan fingerprint density at radius 3 is 3.00 bits per heavy atom. The predicted molar refractivity (Wildman–Crippen MR) is 90.4 cm³/mol. The molecule has 25 heavy (non-hydrogen) atoms. The van der Waals surface area contributed by atoms with Gasteiger partial charge < -0.3 is 19.0 Å². The molecule has 0 bridgehead atoms. The van der Waals surface area contributed by atoms with Crippen molar-refractivity contribution in [2.75, 3.05) is 20.3 Å². The van der Waals surface area contributed by atoms with Crippen molar-refractivity contribution >= 4 is 0 Å². The highest BCUT2D eigenvalue weighted by molar-refractivity contribution is 5.55. The van der Waals surface area contributed by atoms with Crippen molar-refractivity contribution < 1.29 is 14.0 Å². The van der Waals surface area contributed by atoms with E-state index in [1.807, 2.05) is 6.07 Å². The first-order valence-corrected chi connectivity index (χ1v) is 8.88. The van der Waals surface area contributed by atoms with Crippen LogP contribution >= 0.6 is 0 Å². The van der Waals surface area contributed by atoms with E-state index < -0.39 is 0 Å². The van der Waals surface area contributed by atoms with E-state index in [9.17, 15) is 4.79 Å². The SMILES string of the molecule is COCCC1(c2nc(-c3cc4c([nH]c3=O)CCOC4)no2)CCCC1. The lowest BCUT2D eigenvalue weighted by Gasteiger charge is -2.23. The lowest BCUT2D eigenvalue weighted by atomic mass is 9.83. The van der Waals surface area contributed by atoms with E-state index >= 15 is 0 Å². The zero-order chi connectivity index (χ0) is 17.3. The fourth-order valence-electron chi connectivity index (χ4n) is 3.95. The topological polar surface area (TPSA) is 90.2 Å². The third-order valence-corrected chi connectivity index (χ3v) is 5.44. The van der Waals surface area contributed by atoms with Crippen LogP contribution in [0.15, 0.2) is 15.4 Å². The van der Waals surface area contributed by atoms with Crippen molar-refractivity contribution in [3.05, 3.63) is 33.6 Å². The lowest BCUT2D eigenvalue weighted by Crippen LogP contribution is -2.24. The first-order valence-electron chi connectivity index (χ1n) is 8.88. The van der Waals surface area contributed by atoms with Gasteiger partial charge in [0.1, 0.15) is 0 Å². The van der Waals surface area contributed by atoms with Gasteiger partial charge in [0.05, 0.1) is 24.2 Å². The molecule has 2 aliphatic rings. The molecule has 1 aliphatic heterocycles. The van der Waals surface area contributed by atoms with Crippen LogP contribution in [0.25, 0.3) is 11.4 Å². The molecule has 3 heterocycles. The highest BCUT2D eigenvalue weighted by Gasteiger charge is 2.40. The number of hydrogen-bond donors (Lipinski definition) is 1. The van der Waals surface area contributed by atoms with Gasteiger partial charge in [0.2, 0.25) is 11.7 Å². The summed E-state index contributed by atoms with van der Waals surface area (Å²) >= 11 is 0. The van der Waals surface area contributed by atoms with Crippen molar-refractivity contribution in [1.82, 2.24) is 15.1 Å². The van der Waals surface area contributed by atoms with Gasteiger partial charge in [-0.2, -0.15) is 4.98 Å². The Morgan fingerprint density at radius 2 is 2.20 bits per heavy atom. The van der Waals surface area contributed by atoms with Crippen LogP contribution in [-0.4, -0.2) is 35.4 Å². The second-order valence-corrected chi connectivity index (χ2v) is 6.97. The number of rotatable bonds is 5. The molecule has 0 amide bonds. The number of H-pyrrole nitrogens is 1. The van der Waals surface area contributed by atoms with E-state index in [-0.39, 0.29) is 11.0 Å². The second kappa shape index (κ2) is 6.72. The second-order valence-electron chi connectivity index (χ2n) is 6.97. The maximum Gasteiger partial charge on any atom is 0.259 e. The van der Waals surface area contributed by atoms with Crippen molar-refractivity contribution in [3.8, 4) is 11.4 Å². The van der Waals surface area contributed by atoms with Crippen LogP contribution < -0.4 is 5.56 Å². The Hall–Kier alpha value is -1.99. The third-order valence-electron chi connectivity index (χ3n) is 5.44. The van der Waals surface area contributed by atoms with E-state index in [1.54, 1.807) is 7.11 Å². The number of aromatic nitrogens is 3. The number of methoxy groups -OCH3 is 1. The summed E-state index contributed by atoms with van der Waals surface area (Å²) in [6.07, 6.45) is 5.93. The average Bonchev–Trinajstić information content (AvgIpc) is 3.29. The molecule has 0 radical (unpaired) electrons. The van der Waals surface area contributed by atoms with Gasteiger partial charge in [-0.05, 0) is 30.9 Å². The molecule has 134 valence electrons. The van der Waals surface area contributed by atoms with Gasteiger partial charge in [-0.25, -0.2) is 0 Å². The summed E-state index contributed by atoms with van der Waals surface area (Å²) in [5.41, 5.74) is 2.08. The van der Waals surface area contributed by atoms with Gasteiger partial charge >= 0.3 is 0 Å². The van der Waals surface area contributed by atoms with Crippen LogP contribution in [0.1, 0.15) is 49.3 Å². The maximum absolute atomic E-state index is 12.4. The number of fused-ring (bicyclic) bond motifs is 1. The van der Waals surface area contributed by atoms with Crippen LogP contribution in [0.2, 0.25) is 0 Å². The first-order chi connectivity index (χ1) is 12.2. The van der Waals surface area contributed by atoms with Crippen LogP contribution in [0.3, 0.4) is 0 Å². The summed E-state index contributed by atoms with van der Waals surface area (Å²) in [6, 6.07) is 1.83. The summed E-state index contributed by atoms with van der Waals surface area (Å²) in [5, 5.41) is 4.11. The molecular weight excluding hydrogens is 322 g/mol. The molecule has 7 nitrogen and oxygen atoms in total. The molecule has 0 atom stereocenters. The van der Waals surface area contributed by atoms with Gasteiger partial charge in [-0.1, -0.05) is 18.0 Å². The van der Waals surface area contributed by atoms with Gasteiger partial charge in [-0.15, -0.1) is 0 Å². The molecule has 0 aromatic carbocycles. The van der Waals surface area contributed by atoms with Crippen LogP contribution in [0, 0.1) is 0 Å². The van der Waals surface area contributed by atoms with Gasteiger partial charge in [0.25, 0.3) is 5.56 Å². The van der Waals surface area contributed by atoms with Gasteiger partial charge in [0, 0.05) is 25.8 Å². The van der Waals surface area contributed by atoms with Crippen molar-refractivity contribution in [1.29, 1.82) is 0 Å². The highest BCUT2D eigenvalue weighted by Crippen LogP contribution is 2.43. The molecule has 2 aromatic heterocycles. The fourth-order valence-corrected chi connectivity index (χ4v) is 3.95. The van der Waals surface area contributed by atoms with Crippen molar-refractivity contribution in [2.45, 2.75) is 50.5 Å². The van der Waals surface area contributed by atoms with Crippen LogP contribution in [-0.2, 0) is 27.9 Å². The van der Waals surface area contributed by atoms with E-state index in [1.165, 1.54) is 0 Å². The summed E-state index contributed by atoms with van der Waals surface area (Å²) in [5.74, 6) is 0.985. The summed E-state index contributed by atoms with van der Waals surface area (Å²) < 4.78 is 16.3. The van der Waals surface area contributed by atoms with Crippen molar-refractivity contribution in [2.24, 2.45) is 0 Å². The summed E-state index contributed by atoms with van der Waals surface area (Å²) in [6.45, 7) is 1.80. The molecule has 7 heteroatoms. The minimum Gasteiger partial charge on any atom is -0.385 e. The molecule has 0 spiro atoms. The number of ether oxygens (including phenoxy) is 2. The summed E-state index contributed by atoms with van der Waals surface area (Å²) in [7, 11) is 1.70.